The van der Waals surface area contributed by atoms with Crippen LogP contribution in [0.2, 0.25) is 0 Å². The molecule has 0 unspecified atom stereocenters. The highest BCUT2D eigenvalue weighted by Gasteiger charge is 2.30. The van der Waals surface area contributed by atoms with Crippen molar-refractivity contribution in [2.24, 2.45) is 0 Å². The third-order valence-corrected chi connectivity index (χ3v) is 5.15. The molecule has 31 heavy (non-hydrogen) atoms. The van der Waals surface area contributed by atoms with E-state index in [0.717, 1.165) is 12.1 Å². The van der Waals surface area contributed by atoms with Gasteiger partial charge in [-0.1, -0.05) is 12.1 Å². The Morgan fingerprint density at radius 3 is 1.90 bits per heavy atom. The maximum atomic E-state index is 11.2. The first-order chi connectivity index (χ1) is 14.5. The van der Waals surface area contributed by atoms with E-state index in [2.05, 4.69) is 9.51 Å². The molecule has 3 aromatic rings. The van der Waals surface area contributed by atoms with Crippen LogP contribution in [0.1, 0.15) is 33.9 Å². The first-order valence-electron chi connectivity index (χ1n) is 8.89. The normalized spacial score (nSPS) is 11.7. The monoisotopic (exact) mass is 449 g/mol. The van der Waals surface area contributed by atoms with E-state index in [0.29, 0.717) is 0 Å². The van der Waals surface area contributed by atoms with E-state index >= 15 is 0 Å². The van der Waals surface area contributed by atoms with Crippen LogP contribution in [0.3, 0.4) is 0 Å². The minimum absolute atomic E-state index is 0.0583. The molecule has 10 nitrogen and oxygen atoms in total. The van der Waals surface area contributed by atoms with E-state index in [-0.39, 0.29) is 56.7 Å². The minimum Gasteiger partial charge on any atom is -0.508 e. The van der Waals surface area contributed by atoms with Crippen LogP contribution in [0.4, 0.5) is 0 Å². The Hall–Kier alpha value is -3.30. The molecule has 11 heteroatoms. The van der Waals surface area contributed by atoms with Gasteiger partial charge >= 0.3 is 7.82 Å². The predicted molar refractivity (Wildman–Crippen MR) is 108 cm³/mol. The zero-order valence-corrected chi connectivity index (χ0v) is 17.1. The van der Waals surface area contributed by atoms with Gasteiger partial charge in [0.1, 0.15) is 28.7 Å². The maximum absolute atomic E-state index is 11.2. The van der Waals surface area contributed by atoms with Gasteiger partial charge in [0.2, 0.25) is 0 Å². The van der Waals surface area contributed by atoms with E-state index in [1.54, 1.807) is 0 Å². The second-order valence-electron chi connectivity index (χ2n) is 6.81. The molecule has 2 aromatic carbocycles. The number of hydrogen-bond acceptors (Lipinski definition) is 8. The van der Waals surface area contributed by atoms with E-state index in [4.69, 9.17) is 9.79 Å². The second kappa shape index (κ2) is 8.44. The molecule has 0 spiro atoms. The van der Waals surface area contributed by atoms with Crippen LogP contribution >= 0.6 is 7.82 Å². The molecule has 3 rings (SSSR count). The number of benzene rings is 2. The zero-order valence-electron chi connectivity index (χ0n) is 16.2. The minimum atomic E-state index is -4.86. The van der Waals surface area contributed by atoms with Gasteiger partial charge in [-0.05, 0) is 19.1 Å². The van der Waals surface area contributed by atoms with Gasteiger partial charge in [0.05, 0.1) is 12.3 Å². The van der Waals surface area contributed by atoms with Crippen molar-refractivity contribution < 1.29 is 44.4 Å². The van der Waals surface area contributed by atoms with E-state index in [9.17, 15) is 30.1 Å². The number of phenolic OH excluding ortho intramolecular Hbond substituents is 4. The number of aryl methyl sites for hydroxylation is 1. The number of phenols is 4. The number of hydrogen-bond donors (Lipinski definition) is 7. The van der Waals surface area contributed by atoms with Crippen molar-refractivity contribution in [1.29, 1.82) is 0 Å². The maximum Gasteiger partial charge on any atom is 0.469 e. The summed E-state index contributed by atoms with van der Waals surface area (Å²) in [6.07, 6.45) is 1.25. The third-order valence-electron chi connectivity index (χ3n) is 4.68. The summed E-state index contributed by atoms with van der Waals surface area (Å²) in [6.45, 7) is 0.867. The molecule has 0 aliphatic rings. The van der Waals surface area contributed by atoms with E-state index < -0.39 is 20.3 Å². The van der Waals surface area contributed by atoms with Gasteiger partial charge in [-0.2, -0.15) is 0 Å². The van der Waals surface area contributed by atoms with Crippen molar-refractivity contribution in [2.75, 3.05) is 0 Å². The van der Waals surface area contributed by atoms with Crippen molar-refractivity contribution in [3.63, 3.8) is 0 Å². The summed E-state index contributed by atoms with van der Waals surface area (Å²) in [6, 6.07) is 7.44. The van der Waals surface area contributed by atoms with Crippen LogP contribution in [-0.4, -0.2) is 40.3 Å². The lowest BCUT2D eigenvalue weighted by Crippen LogP contribution is -2.10. The van der Waals surface area contributed by atoms with Crippen LogP contribution in [0.5, 0.6) is 28.7 Å². The Bertz CT molecular complexity index is 1120. The highest BCUT2D eigenvalue weighted by Crippen LogP contribution is 2.47. The number of phosphoric ester groups is 1. The molecule has 1 heterocycles. The largest absolute Gasteiger partial charge is 0.508 e. The highest BCUT2D eigenvalue weighted by molar-refractivity contribution is 7.46. The highest BCUT2D eigenvalue weighted by atomic mass is 31.2. The van der Waals surface area contributed by atoms with Crippen molar-refractivity contribution in [1.82, 2.24) is 4.98 Å². The molecule has 0 fully saturated rings. The van der Waals surface area contributed by atoms with Crippen LogP contribution < -0.4 is 0 Å². The van der Waals surface area contributed by atoms with Gasteiger partial charge in [0.25, 0.3) is 0 Å². The third kappa shape index (κ3) is 4.89. The van der Waals surface area contributed by atoms with E-state index in [1.807, 2.05) is 0 Å². The summed E-state index contributed by atoms with van der Waals surface area (Å²) in [5, 5.41) is 51.1. The quantitative estimate of drug-likeness (QED) is 0.276. The summed E-state index contributed by atoms with van der Waals surface area (Å²) < 4.78 is 15.8. The van der Waals surface area contributed by atoms with E-state index in [1.165, 1.54) is 37.4 Å². The summed E-state index contributed by atoms with van der Waals surface area (Å²) in [7, 11) is -4.86. The van der Waals surface area contributed by atoms with Crippen molar-refractivity contribution in [2.45, 2.75) is 19.4 Å². The standard InChI is InChI=1S/C20H20NO9P/c1-10-20(26)18(11(8-21-10)9-30-31(27,28)29)19(14-4-2-12(22)6-16(14)24)15-5-3-13(23)7-17(15)25/h2-8,19,22-26H,9H2,1H3,(H2,27,28,29). The van der Waals surface area contributed by atoms with Crippen molar-refractivity contribution in [3.05, 3.63) is 70.5 Å². The Morgan fingerprint density at radius 1 is 0.935 bits per heavy atom. The number of nitrogens with zero attached hydrogens (tertiary/aromatic N) is 1. The first kappa shape index (κ1) is 22.4. The molecule has 0 saturated carbocycles. The topological polar surface area (TPSA) is 181 Å². The Labute approximate surface area is 176 Å². The SMILES string of the molecule is Cc1ncc(COP(=O)(O)O)c(C(c2ccc(O)cc2O)c2ccc(O)cc2O)c1O. The number of aromatic hydroxyl groups is 5. The molecular weight excluding hydrogens is 429 g/mol. The van der Waals surface area contributed by atoms with Gasteiger partial charge in [0, 0.05) is 46.5 Å². The molecule has 0 radical (unpaired) electrons. The predicted octanol–water partition coefficient (Wildman–Crippen LogP) is 2.71. The fourth-order valence-corrected chi connectivity index (χ4v) is 3.58. The van der Waals surface area contributed by atoms with Crippen molar-refractivity contribution >= 4 is 7.82 Å². The molecule has 164 valence electrons. The molecule has 1 aromatic heterocycles. The average molecular weight is 449 g/mol. The number of pyridine rings is 1. The molecule has 0 saturated heterocycles. The summed E-state index contributed by atoms with van der Waals surface area (Å²) in [5.41, 5.74) is 0.616. The van der Waals surface area contributed by atoms with Gasteiger partial charge in [-0.3, -0.25) is 9.51 Å². The summed E-state index contributed by atoms with van der Waals surface area (Å²) in [5.74, 6) is -2.62. The van der Waals surface area contributed by atoms with Gasteiger partial charge < -0.3 is 35.3 Å². The number of rotatable bonds is 6. The molecule has 0 amide bonds. The number of phosphoric acid groups is 1. The van der Waals surface area contributed by atoms with Crippen LogP contribution in [0, 0.1) is 6.92 Å². The first-order valence-corrected chi connectivity index (χ1v) is 10.4. The van der Waals surface area contributed by atoms with Gasteiger partial charge in [-0.15, -0.1) is 0 Å². The van der Waals surface area contributed by atoms with Crippen LogP contribution in [-0.2, 0) is 15.7 Å². The van der Waals surface area contributed by atoms with Crippen LogP contribution in [0.15, 0.2) is 42.6 Å². The average Bonchev–Trinajstić information content (AvgIpc) is 2.66. The van der Waals surface area contributed by atoms with Crippen molar-refractivity contribution in [3.8, 4) is 28.7 Å². The Balaban J connectivity index is 2.32. The summed E-state index contributed by atoms with van der Waals surface area (Å²) >= 11 is 0. The van der Waals surface area contributed by atoms with Gasteiger partial charge in [0.15, 0.2) is 0 Å². The summed E-state index contributed by atoms with van der Waals surface area (Å²) in [4.78, 5) is 22.2. The fourth-order valence-electron chi connectivity index (χ4n) is 3.27. The van der Waals surface area contributed by atoms with Gasteiger partial charge in [-0.25, -0.2) is 4.57 Å². The smallest absolute Gasteiger partial charge is 0.469 e. The lowest BCUT2D eigenvalue weighted by molar-refractivity contribution is 0.188. The molecule has 0 aliphatic carbocycles. The molecular formula is C20H20NO9P. The Morgan fingerprint density at radius 2 is 1.45 bits per heavy atom. The lowest BCUT2D eigenvalue weighted by atomic mass is 9.81. The molecule has 0 aliphatic heterocycles. The second-order valence-corrected chi connectivity index (χ2v) is 8.05. The molecule has 7 N–H and O–H groups in total. The lowest BCUT2D eigenvalue weighted by Gasteiger charge is -2.25. The number of aromatic nitrogens is 1. The Kier molecular flexibility index (Phi) is 6.10. The van der Waals surface area contributed by atoms with Crippen LogP contribution in [0.25, 0.3) is 0 Å². The molecule has 0 atom stereocenters. The fraction of sp³-hybridized carbons (Fsp3) is 0.150. The zero-order chi connectivity index (χ0) is 22.9. The molecule has 0 bridgehead atoms.